The topological polar surface area (TPSA) is 46.0 Å². The maximum absolute atomic E-state index is 9.40. The second-order valence-electron chi connectivity index (χ2n) is 3.17. The first-order chi connectivity index (χ1) is 6.25. The van der Waals surface area contributed by atoms with E-state index in [2.05, 4.69) is 16.9 Å². The van der Waals surface area contributed by atoms with E-state index in [0.29, 0.717) is 0 Å². The minimum absolute atomic E-state index is 0.513. The van der Waals surface area contributed by atoms with Crippen LogP contribution < -0.4 is 0 Å². The molecule has 1 aromatic heterocycles. The van der Waals surface area contributed by atoms with Crippen LogP contribution in [0.15, 0.2) is 12.4 Å². The Bertz CT molecular complexity index is 261. The first-order valence-electron chi connectivity index (χ1n) is 4.73. The summed E-state index contributed by atoms with van der Waals surface area (Å²) >= 11 is 0. The molecule has 3 heteroatoms. The molecule has 1 N–H and O–H groups in total. The highest BCUT2D eigenvalue weighted by molar-refractivity contribution is 5.12. The van der Waals surface area contributed by atoms with Crippen molar-refractivity contribution in [3.63, 3.8) is 0 Å². The van der Waals surface area contributed by atoms with Gasteiger partial charge in [0, 0.05) is 12.4 Å². The smallest absolute Gasteiger partial charge is 0.0950 e. The molecule has 72 valence electrons. The molecule has 0 radical (unpaired) electrons. The van der Waals surface area contributed by atoms with E-state index in [-0.39, 0.29) is 0 Å². The van der Waals surface area contributed by atoms with Gasteiger partial charge in [0.2, 0.25) is 0 Å². The van der Waals surface area contributed by atoms with E-state index in [1.54, 1.807) is 19.3 Å². The summed E-state index contributed by atoms with van der Waals surface area (Å²) in [4.78, 5) is 8.33. The molecule has 0 amide bonds. The Morgan fingerprint density at radius 3 is 2.69 bits per heavy atom. The zero-order chi connectivity index (χ0) is 9.68. The molecule has 0 aliphatic rings. The van der Waals surface area contributed by atoms with Gasteiger partial charge in [-0.05, 0) is 19.8 Å². The molecule has 1 heterocycles. The van der Waals surface area contributed by atoms with E-state index in [4.69, 9.17) is 0 Å². The van der Waals surface area contributed by atoms with Gasteiger partial charge in [-0.15, -0.1) is 0 Å². The molecular formula is C10H16N2O. The van der Waals surface area contributed by atoms with Crippen LogP contribution in [0.1, 0.15) is 44.2 Å². The SMILES string of the molecule is CCCCc1nccnc1C(C)O. The number of aryl methyl sites for hydroxylation is 1. The van der Waals surface area contributed by atoms with Crippen molar-refractivity contribution < 1.29 is 5.11 Å². The van der Waals surface area contributed by atoms with Crippen LogP contribution >= 0.6 is 0 Å². The molecule has 0 fully saturated rings. The van der Waals surface area contributed by atoms with Crippen molar-refractivity contribution in [3.8, 4) is 0 Å². The summed E-state index contributed by atoms with van der Waals surface area (Å²) in [5.41, 5.74) is 1.65. The van der Waals surface area contributed by atoms with Crippen molar-refractivity contribution >= 4 is 0 Å². The summed E-state index contributed by atoms with van der Waals surface area (Å²) in [6.45, 7) is 3.86. The molecule has 1 atom stereocenters. The van der Waals surface area contributed by atoms with E-state index in [0.717, 1.165) is 30.7 Å². The number of aliphatic hydroxyl groups is 1. The van der Waals surface area contributed by atoms with E-state index in [1.165, 1.54) is 0 Å². The normalized spacial score (nSPS) is 12.8. The summed E-state index contributed by atoms with van der Waals surface area (Å²) in [6, 6.07) is 0. The lowest BCUT2D eigenvalue weighted by Gasteiger charge is -2.08. The fourth-order valence-electron chi connectivity index (χ4n) is 1.26. The summed E-state index contributed by atoms with van der Waals surface area (Å²) in [5.74, 6) is 0. The van der Waals surface area contributed by atoms with Gasteiger partial charge in [0.15, 0.2) is 0 Å². The van der Waals surface area contributed by atoms with E-state index < -0.39 is 6.10 Å². The minimum atomic E-state index is -0.513. The highest BCUT2D eigenvalue weighted by Crippen LogP contribution is 2.13. The van der Waals surface area contributed by atoms with Crippen molar-refractivity contribution in [2.45, 2.75) is 39.2 Å². The molecule has 0 aromatic carbocycles. The predicted octanol–water partition coefficient (Wildman–Crippen LogP) is 1.87. The Hall–Kier alpha value is -0.960. The molecule has 0 aliphatic carbocycles. The van der Waals surface area contributed by atoms with E-state index in [9.17, 15) is 5.11 Å². The van der Waals surface area contributed by atoms with E-state index >= 15 is 0 Å². The van der Waals surface area contributed by atoms with Crippen LogP contribution in [0.2, 0.25) is 0 Å². The largest absolute Gasteiger partial charge is 0.387 e. The minimum Gasteiger partial charge on any atom is -0.387 e. The number of aliphatic hydroxyl groups excluding tert-OH is 1. The summed E-state index contributed by atoms with van der Waals surface area (Å²) in [7, 11) is 0. The molecule has 1 unspecified atom stereocenters. The van der Waals surface area contributed by atoms with Gasteiger partial charge in [0.05, 0.1) is 17.5 Å². The number of hydrogen-bond donors (Lipinski definition) is 1. The molecule has 0 saturated heterocycles. The van der Waals surface area contributed by atoms with Gasteiger partial charge in [-0.25, -0.2) is 0 Å². The van der Waals surface area contributed by atoms with Crippen molar-refractivity contribution in [2.75, 3.05) is 0 Å². The Balaban J connectivity index is 2.78. The molecule has 1 rings (SSSR count). The Labute approximate surface area is 78.9 Å². The molecule has 1 aromatic rings. The lowest BCUT2D eigenvalue weighted by atomic mass is 10.1. The highest BCUT2D eigenvalue weighted by atomic mass is 16.3. The van der Waals surface area contributed by atoms with Gasteiger partial charge in [0.25, 0.3) is 0 Å². The van der Waals surface area contributed by atoms with Gasteiger partial charge in [-0.2, -0.15) is 0 Å². The van der Waals surface area contributed by atoms with Crippen LogP contribution in [0.5, 0.6) is 0 Å². The zero-order valence-corrected chi connectivity index (χ0v) is 8.20. The van der Waals surface area contributed by atoms with Crippen molar-refractivity contribution in [1.82, 2.24) is 9.97 Å². The van der Waals surface area contributed by atoms with Crippen LogP contribution in [0.25, 0.3) is 0 Å². The number of unbranched alkanes of at least 4 members (excludes halogenated alkanes) is 1. The summed E-state index contributed by atoms with van der Waals surface area (Å²) < 4.78 is 0. The van der Waals surface area contributed by atoms with Crippen LogP contribution in [-0.4, -0.2) is 15.1 Å². The van der Waals surface area contributed by atoms with Gasteiger partial charge in [-0.3, -0.25) is 9.97 Å². The van der Waals surface area contributed by atoms with Crippen LogP contribution in [0.4, 0.5) is 0 Å². The fraction of sp³-hybridized carbons (Fsp3) is 0.600. The molecule has 0 saturated carbocycles. The maximum atomic E-state index is 9.40. The zero-order valence-electron chi connectivity index (χ0n) is 8.20. The molecule has 0 bridgehead atoms. The van der Waals surface area contributed by atoms with Gasteiger partial charge in [0.1, 0.15) is 0 Å². The lowest BCUT2D eigenvalue weighted by molar-refractivity contribution is 0.192. The van der Waals surface area contributed by atoms with Crippen LogP contribution in [-0.2, 0) is 6.42 Å². The second-order valence-corrected chi connectivity index (χ2v) is 3.17. The number of aromatic nitrogens is 2. The van der Waals surface area contributed by atoms with Gasteiger partial charge in [-0.1, -0.05) is 13.3 Å². The summed E-state index contributed by atoms with van der Waals surface area (Å²) in [6.07, 6.45) is 5.92. The van der Waals surface area contributed by atoms with Gasteiger partial charge >= 0.3 is 0 Å². The molecule has 0 aliphatic heterocycles. The Kier molecular flexibility index (Phi) is 3.83. The molecule has 3 nitrogen and oxygen atoms in total. The standard InChI is InChI=1S/C10H16N2O/c1-3-4-5-9-10(8(2)13)12-7-6-11-9/h6-8,13H,3-5H2,1-2H3. The Morgan fingerprint density at radius 1 is 1.38 bits per heavy atom. The number of hydrogen-bond acceptors (Lipinski definition) is 3. The first kappa shape index (κ1) is 10.1. The fourth-order valence-corrected chi connectivity index (χ4v) is 1.26. The number of rotatable bonds is 4. The van der Waals surface area contributed by atoms with Crippen molar-refractivity contribution in [1.29, 1.82) is 0 Å². The third-order valence-corrected chi connectivity index (χ3v) is 1.97. The Morgan fingerprint density at radius 2 is 2.08 bits per heavy atom. The third kappa shape index (κ3) is 2.77. The first-order valence-corrected chi connectivity index (χ1v) is 4.73. The monoisotopic (exact) mass is 180 g/mol. The molecular weight excluding hydrogens is 164 g/mol. The molecule has 13 heavy (non-hydrogen) atoms. The highest BCUT2D eigenvalue weighted by Gasteiger charge is 2.08. The van der Waals surface area contributed by atoms with Gasteiger partial charge < -0.3 is 5.11 Å². The molecule has 0 spiro atoms. The average Bonchev–Trinajstić information content (AvgIpc) is 2.15. The summed E-state index contributed by atoms with van der Waals surface area (Å²) in [5, 5.41) is 9.40. The lowest BCUT2D eigenvalue weighted by Crippen LogP contribution is -2.04. The van der Waals surface area contributed by atoms with Crippen molar-refractivity contribution in [3.05, 3.63) is 23.8 Å². The van der Waals surface area contributed by atoms with Crippen LogP contribution in [0, 0.1) is 0 Å². The maximum Gasteiger partial charge on any atom is 0.0950 e. The third-order valence-electron chi connectivity index (χ3n) is 1.97. The average molecular weight is 180 g/mol. The predicted molar refractivity (Wildman–Crippen MR) is 51.3 cm³/mol. The van der Waals surface area contributed by atoms with Crippen LogP contribution in [0.3, 0.4) is 0 Å². The van der Waals surface area contributed by atoms with E-state index in [1.807, 2.05) is 0 Å². The van der Waals surface area contributed by atoms with Crippen molar-refractivity contribution in [2.24, 2.45) is 0 Å². The quantitative estimate of drug-likeness (QED) is 0.769. The number of nitrogens with zero attached hydrogens (tertiary/aromatic N) is 2. The second kappa shape index (κ2) is 4.92.